The summed E-state index contributed by atoms with van der Waals surface area (Å²) in [5.41, 5.74) is 2.35. The van der Waals surface area contributed by atoms with Crippen LogP contribution in [0.1, 0.15) is 28.9 Å². The third kappa shape index (κ3) is 4.95. The second-order valence-electron chi connectivity index (χ2n) is 6.26. The molecular weight excluding hydrogens is 330 g/mol. The molecule has 138 valence electrons. The van der Waals surface area contributed by atoms with Gasteiger partial charge in [0.1, 0.15) is 11.4 Å². The van der Waals surface area contributed by atoms with Crippen LogP contribution in [0, 0.1) is 0 Å². The van der Waals surface area contributed by atoms with Crippen molar-refractivity contribution in [1.82, 2.24) is 10.3 Å². The van der Waals surface area contributed by atoms with E-state index in [0.717, 1.165) is 43.0 Å². The summed E-state index contributed by atoms with van der Waals surface area (Å²) in [5, 5.41) is 6.23. The minimum Gasteiger partial charge on any atom is -0.496 e. The molecule has 3 rings (SSSR count). The molecule has 26 heavy (non-hydrogen) atoms. The Morgan fingerprint density at radius 3 is 3.04 bits per heavy atom. The number of hydrogen-bond donors (Lipinski definition) is 2. The standard InChI is InChI=1S/C20H25N3O3/c1-25-19-7-3-2-5-15(19)8-10-22-20(24)18-13-16(9-11-21-18)23-14-17-6-4-12-26-17/h2-3,5,7,9,11,13,17H,4,6,8,10,12,14H2,1H3,(H,21,23)(H,22,24). The van der Waals surface area contributed by atoms with Crippen molar-refractivity contribution in [1.29, 1.82) is 0 Å². The molecule has 6 nitrogen and oxygen atoms in total. The predicted molar refractivity (Wildman–Crippen MR) is 101 cm³/mol. The summed E-state index contributed by atoms with van der Waals surface area (Å²) < 4.78 is 10.9. The Morgan fingerprint density at radius 2 is 2.23 bits per heavy atom. The fourth-order valence-corrected chi connectivity index (χ4v) is 3.01. The third-order valence-corrected chi connectivity index (χ3v) is 4.42. The first-order chi connectivity index (χ1) is 12.8. The van der Waals surface area contributed by atoms with Gasteiger partial charge in [0.25, 0.3) is 5.91 Å². The number of benzene rings is 1. The van der Waals surface area contributed by atoms with Gasteiger partial charge >= 0.3 is 0 Å². The lowest BCUT2D eigenvalue weighted by atomic mass is 10.1. The normalized spacial score (nSPS) is 16.3. The molecule has 1 amide bonds. The molecule has 1 aromatic heterocycles. The lowest BCUT2D eigenvalue weighted by Gasteiger charge is -2.12. The van der Waals surface area contributed by atoms with Gasteiger partial charge in [-0.3, -0.25) is 9.78 Å². The number of aromatic nitrogens is 1. The van der Waals surface area contributed by atoms with Gasteiger partial charge in [0, 0.05) is 31.6 Å². The van der Waals surface area contributed by atoms with Gasteiger partial charge < -0.3 is 20.1 Å². The average Bonchev–Trinajstić information content (AvgIpc) is 3.20. The van der Waals surface area contributed by atoms with Gasteiger partial charge in [-0.2, -0.15) is 0 Å². The van der Waals surface area contributed by atoms with Crippen molar-refractivity contribution in [3.63, 3.8) is 0 Å². The van der Waals surface area contributed by atoms with Crippen LogP contribution in [0.4, 0.5) is 5.69 Å². The van der Waals surface area contributed by atoms with Crippen LogP contribution in [0.5, 0.6) is 5.75 Å². The Hall–Kier alpha value is -2.60. The SMILES string of the molecule is COc1ccccc1CCNC(=O)c1cc(NCC2CCCO2)ccn1. The van der Waals surface area contributed by atoms with Crippen molar-refractivity contribution in [2.45, 2.75) is 25.4 Å². The number of pyridine rings is 1. The highest BCUT2D eigenvalue weighted by Gasteiger charge is 2.15. The summed E-state index contributed by atoms with van der Waals surface area (Å²) in [6, 6.07) is 11.4. The number of anilines is 1. The van der Waals surface area contributed by atoms with Crippen molar-refractivity contribution < 1.29 is 14.3 Å². The van der Waals surface area contributed by atoms with Crippen LogP contribution in [0.25, 0.3) is 0 Å². The topological polar surface area (TPSA) is 72.5 Å². The second kappa shape index (κ2) is 9.20. The highest BCUT2D eigenvalue weighted by atomic mass is 16.5. The van der Waals surface area contributed by atoms with Gasteiger partial charge in [-0.15, -0.1) is 0 Å². The Kier molecular flexibility index (Phi) is 6.44. The number of hydrogen-bond acceptors (Lipinski definition) is 5. The summed E-state index contributed by atoms with van der Waals surface area (Å²) >= 11 is 0. The van der Waals surface area contributed by atoms with Crippen LogP contribution >= 0.6 is 0 Å². The summed E-state index contributed by atoms with van der Waals surface area (Å²) in [6.07, 6.45) is 4.79. The molecule has 2 N–H and O–H groups in total. The molecule has 1 saturated heterocycles. The molecule has 1 fully saturated rings. The number of rotatable bonds is 8. The van der Waals surface area contributed by atoms with Gasteiger partial charge in [-0.25, -0.2) is 0 Å². The first kappa shape index (κ1) is 18.2. The van der Waals surface area contributed by atoms with E-state index >= 15 is 0 Å². The minimum absolute atomic E-state index is 0.180. The van der Waals surface area contributed by atoms with Crippen molar-refractivity contribution >= 4 is 11.6 Å². The van der Waals surface area contributed by atoms with Crippen LogP contribution in [-0.4, -0.2) is 43.8 Å². The number of ether oxygens (including phenoxy) is 2. The van der Waals surface area contributed by atoms with E-state index in [1.54, 1.807) is 19.4 Å². The molecule has 1 aliphatic rings. The molecule has 0 radical (unpaired) electrons. The first-order valence-corrected chi connectivity index (χ1v) is 8.98. The van der Waals surface area contributed by atoms with Gasteiger partial charge in [-0.1, -0.05) is 18.2 Å². The second-order valence-corrected chi connectivity index (χ2v) is 6.26. The predicted octanol–water partition coefficient (Wildman–Crippen LogP) is 2.65. The maximum absolute atomic E-state index is 12.3. The fourth-order valence-electron chi connectivity index (χ4n) is 3.01. The third-order valence-electron chi connectivity index (χ3n) is 4.42. The zero-order valence-corrected chi connectivity index (χ0v) is 15.0. The number of para-hydroxylation sites is 1. The van der Waals surface area contributed by atoms with Crippen LogP contribution in [0.15, 0.2) is 42.6 Å². The maximum atomic E-state index is 12.3. The van der Waals surface area contributed by atoms with E-state index in [2.05, 4.69) is 15.6 Å². The molecule has 2 heterocycles. The van der Waals surface area contributed by atoms with Crippen LogP contribution in [0.3, 0.4) is 0 Å². The summed E-state index contributed by atoms with van der Waals surface area (Å²) in [5.74, 6) is 0.654. The molecule has 0 spiro atoms. The fraction of sp³-hybridized carbons (Fsp3) is 0.400. The van der Waals surface area contributed by atoms with Crippen LogP contribution < -0.4 is 15.4 Å². The van der Waals surface area contributed by atoms with E-state index in [0.29, 0.717) is 18.7 Å². The number of nitrogens with one attached hydrogen (secondary N) is 2. The zero-order valence-electron chi connectivity index (χ0n) is 15.0. The van der Waals surface area contributed by atoms with Crippen molar-refractivity contribution in [2.24, 2.45) is 0 Å². The molecule has 1 aliphatic heterocycles. The van der Waals surface area contributed by atoms with Gasteiger partial charge in [0.05, 0.1) is 13.2 Å². The first-order valence-electron chi connectivity index (χ1n) is 8.98. The average molecular weight is 355 g/mol. The minimum atomic E-state index is -0.180. The lowest BCUT2D eigenvalue weighted by molar-refractivity contribution is 0.0949. The number of nitrogens with zero attached hydrogens (tertiary/aromatic N) is 1. The Balaban J connectivity index is 1.50. The van der Waals surface area contributed by atoms with E-state index in [1.807, 2.05) is 30.3 Å². The molecular formula is C20H25N3O3. The Bertz CT molecular complexity index is 730. The number of methoxy groups -OCH3 is 1. The van der Waals surface area contributed by atoms with E-state index < -0.39 is 0 Å². The van der Waals surface area contributed by atoms with Gasteiger partial charge in [-0.05, 0) is 43.0 Å². The molecule has 0 bridgehead atoms. The highest BCUT2D eigenvalue weighted by Crippen LogP contribution is 2.17. The monoisotopic (exact) mass is 355 g/mol. The highest BCUT2D eigenvalue weighted by molar-refractivity contribution is 5.93. The van der Waals surface area contributed by atoms with E-state index in [-0.39, 0.29) is 12.0 Å². The van der Waals surface area contributed by atoms with E-state index in [9.17, 15) is 4.79 Å². The van der Waals surface area contributed by atoms with Crippen LogP contribution in [0.2, 0.25) is 0 Å². The smallest absolute Gasteiger partial charge is 0.269 e. The quantitative estimate of drug-likeness (QED) is 0.762. The molecule has 0 saturated carbocycles. The Morgan fingerprint density at radius 1 is 1.35 bits per heavy atom. The van der Waals surface area contributed by atoms with E-state index in [4.69, 9.17) is 9.47 Å². The summed E-state index contributed by atoms with van der Waals surface area (Å²) in [6.45, 7) is 2.11. The van der Waals surface area contributed by atoms with E-state index in [1.165, 1.54) is 0 Å². The summed E-state index contributed by atoms with van der Waals surface area (Å²) in [4.78, 5) is 16.5. The molecule has 2 aromatic rings. The molecule has 0 aliphatic carbocycles. The van der Waals surface area contributed by atoms with Crippen molar-refractivity contribution in [3.05, 3.63) is 53.9 Å². The largest absolute Gasteiger partial charge is 0.496 e. The van der Waals surface area contributed by atoms with Crippen molar-refractivity contribution in [3.8, 4) is 5.75 Å². The van der Waals surface area contributed by atoms with Crippen molar-refractivity contribution in [2.75, 3.05) is 32.1 Å². The number of carbonyl (C=O) groups is 1. The van der Waals surface area contributed by atoms with Crippen LogP contribution in [-0.2, 0) is 11.2 Å². The summed E-state index contributed by atoms with van der Waals surface area (Å²) in [7, 11) is 1.65. The molecule has 1 aromatic carbocycles. The Labute approximate surface area is 153 Å². The number of amides is 1. The van der Waals surface area contributed by atoms with Gasteiger partial charge in [0.2, 0.25) is 0 Å². The molecule has 1 atom stereocenters. The lowest BCUT2D eigenvalue weighted by Crippen LogP contribution is -2.27. The number of carbonyl (C=O) groups excluding carboxylic acids is 1. The molecule has 1 unspecified atom stereocenters. The zero-order chi connectivity index (χ0) is 18.2. The molecule has 6 heteroatoms. The maximum Gasteiger partial charge on any atom is 0.269 e. The van der Waals surface area contributed by atoms with Gasteiger partial charge in [0.15, 0.2) is 0 Å².